The second kappa shape index (κ2) is 7.61. The first-order valence-electron chi connectivity index (χ1n) is 8.33. The number of methoxy groups -OCH3 is 1. The van der Waals surface area contributed by atoms with Crippen LogP contribution >= 0.6 is 24.0 Å². The maximum atomic E-state index is 13.1. The molecule has 2 aromatic carbocycles. The lowest BCUT2D eigenvalue weighted by Gasteiger charge is -2.14. The van der Waals surface area contributed by atoms with E-state index in [1.165, 1.54) is 28.8 Å². The van der Waals surface area contributed by atoms with Crippen LogP contribution in [0.1, 0.15) is 5.76 Å². The molecule has 3 aromatic rings. The van der Waals surface area contributed by atoms with Crippen molar-refractivity contribution in [1.82, 2.24) is 0 Å². The third-order valence-electron chi connectivity index (χ3n) is 4.15. The van der Waals surface area contributed by atoms with Gasteiger partial charge in [0.15, 0.2) is 4.32 Å². The van der Waals surface area contributed by atoms with Crippen LogP contribution in [0.25, 0.3) is 17.4 Å². The Hall–Kier alpha value is -2.90. The minimum absolute atomic E-state index is 0.208. The van der Waals surface area contributed by atoms with Crippen molar-refractivity contribution in [3.63, 3.8) is 0 Å². The van der Waals surface area contributed by atoms with Crippen molar-refractivity contribution in [2.45, 2.75) is 0 Å². The first-order chi connectivity index (χ1) is 13.5. The molecule has 1 aliphatic heterocycles. The van der Waals surface area contributed by atoms with E-state index in [1.54, 1.807) is 61.7 Å². The van der Waals surface area contributed by atoms with E-state index in [0.717, 1.165) is 5.56 Å². The summed E-state index contributed by atoms with van der Waals surface area (Å²) in [7, 11) is 1.58. The molecule has 1 amide bonds. The predicted octanol–water partition coefficient (Wildman–Crippen LogP) is 5.50. The van der Waals surface area contributed by atoms with Crippen molar-refractivity contribution >= 4 is 46.0 Å². The highest BCUT2D eigenvalue weighted by molar-refractivity contribution is 8.27. The van der Waals surface area contributed by atoms with E-state index in [9.17, 15) is 9.18 Å². The second-order valence-corrected chi connectivity index (χ2v) is 7.60. The van der Waals surface area contributed by atoms with Crippen LogP contribution in [-0.4, -0.2) is 17.3 Å². The zero-order valence-electron chi connectivity index (χ0n) is 14.7. The van der Waals surface area contributed by atoms with Gasteiger partial charge in [0.05, 0.1) is 17.7 Å². The maximum absolute atomic E-state index is 13.1. The normalized spacial score (nSPS) is 15.5. The van der Waals surface area contributed by atoms with Crippen molar-refractivity contribution < 1.29 is 18.3 Å². The molecule has 0 spiro atoms. The van der Waals surface area contributed by atoms with Gasteiger partial charge >= 0.3 is 0 Å². The molecule has 0 unspecified atom stereocenters. The minimum atomic E-state index is -0.308. The maximum Gasteiger partial charge on any atom is 0.270 e. The van der Waals surface area contributed by atoms with Crippen LogP contribution in [0.2, 0.25) is 0 Å². The third kappa shape index (κ3) is 3.58. The monoisotopic (exact) mass is 411 g/mol. The number of carbonyl (C=O) groups is 1. The summed E-state index contributed by atoms with van der Waals surface area (Å²) in [6, 6.07) is 16.7. The number of thioether (sulfide) groups is 1. The standard InChI is InChI=1S/C21H14FNO3S2/c1-25-16-8-6-15(7-9-16)23-20(24)19(28-21(23)27)12-17-10-11-18(26-17)13-2-4-14(22)5-3-13/h2-12H,1H3/b19-12-. The number of nitrogens with zero attached hydrogens (tertiary/aromatic N) is 1. The fourth-order valence-corrected chi connectivity index (χ4v) is 4.03. The molecule has 0 bridgehead atoms. The predicted molar refractivity (Wildman–Crippen MR) is 113 cm³/mol. The quantitative estimate of drug-likeness (QED) is 0.419. The van der Waals surface area contributed by atoms with Gasteiger partial charge in [-0.15, -0.1) is 0 Å². The van der Waals surface area contributed by atoms with Crippen molar-refractivity contribution in [3.8, 4) is 17.1 Å². The average molecular weight is 411 g/mol. The number of furan rings is 1. The number of hydrogen-bond donors (Lipinski definition) is 0. The van der Waals surface area contributed by atoms with E-state index < -0.39 is 0 Å². The molecule has 1 saturated heterocycles. The highest BCUT2D eigenvalue weighted by Gasteiger charge is 2.33. The number of benzene rings is 2. The Bertz CT molecular complexity index is 1070. The summed E-state index contributed by atoms with van der Waals surface area (Å²) in [5.74, 6) is 1.30. The van der Waals surface area contributed by atoms with Crippen LogP contribution in [0.3, 0.4) is 0 Å². The molecule has 4 rings (SSSR count). The molecule has 1 aromatic heterocycles. The number of amides is 1. The third-order valence-corrected chi connectivity index (χ3v) is 5.46. The SMILES string of the molecule is COc1ccc(N2C(=O)/C(=C/c3ccc(-c4ccc(F)cc4)o3)SC2=S)cc1. The van der Waals surface area contributed by atoms with Gasteiger partial charge in [-0.1, -0.05) is 24.0 Å². The summed E-state index contributed by atoms with van der Waals surface area (Å²) < 4.78 is 24.5. The summed E-state index contributed by atoms with van der Waals surface area (Å²) in [4.78, 5) is 14.8. The number of ether oxygens (including phenoxy) is 1. The summed E-state index contributed by atoms with van der Waals surface area (Å²) in [6.07, 6.45) is 1.66. The van der Waals surface area contributed by atoms with E-state index >= 15 is 0 Å². The summed E-state index contributed by atoms with van der Waals surface area (Å²) in [5, 5.41) is 0. The van der Waals surface area contributed by atoms with Gasteiger partial charge < -0.3 is 9.15 Å². The summed E-state index contributed by atoms with van der Waals surface area (Å²) in [5.41, 5.74) is 1.44. The number of thiocarbonyl (C=S) groups is 1. The lowest BCUT2D eigenvalue weighted by molar-refractivity contribution is -0.113. The van der Waals surface area contributed by atoms with E-state index in [2.05, 4.69) is 0 Å². The molecule has 7 heteroatoms. The van der Waals surface area contributed by atoms with Crippen molar-refractivity contribution in [3.05, 3.63) is 77.1 Å². The Morgan fingerprint density at radius 3 is 2.46 bits per heavy atom. The van der Waals surface area contributed by atoms with Crippen LogP contribution < -0.4 is 9.64 Å². The lowest BCUT2D eigenvalue weighted by Crippen LogP contribution is -2.27. The van der Waals surface area contributed by atoms with Gasteiger partial charge in [0, 0.05) is 11.6 Å². The van der Waals surface area contributed by atoms with Gasteiger partial charge in [-0.05, 0) is 60.7 Å². The van der Waals surface area contributed by atoms with Crippen LogP contribution in [0.4, 0.5) is 10.1 Å². The van der Waals surface area contributed by atoms with E-state index in [4.69, 9.17) is 21.4 Å². The largest absolute Gasteiger partial charge is 0.497 e. The van der Waals surface area contributed by atoms with Crippen LogP contribution in [0, 0.1) is 5.82 Å². The molecule has 0 aliphatic carbocycles. The Kier molecular flexibility index (Phi) is 5.02. The number of halogens is 1. The highest BCUT2D eigenvalue weighted by atomic mass is 32.2. The van der Waals surface area contributed by atoms with Gasteiger partial charge in [-0.25, -0.2) is 4.39 Å². The zero-order valence-corrected chi connectivity index (χ0v) is 16.4. The first kappa shape index (κ1) is 18.5. The van der Waals surface area contributed by atoms with Crippen LogP contribution in [-0.2, 0) is 4.79 Å². The second-order valence-electron chi connectivity index (χ2n) is 5.92. The number of hydrogen-bond acceptors (Lipinski definition) is 5. The molecule has 0 N–H and O–H groups in total. The topological polar surface area (TPSA) is 42.7 Å². The Balaban J connectivity index is 1.58. The van der Waals surface area contributed by atoms with Gasteiger partial charge in [0.25, 0.3) is 5.91 Å². The number of carbonyl (C=O) groups excluding carboxylic acids is 1. The molecule has 28 heavy (non-hydrogen) atoms. The van der Waals surface area contributed by atoms with Gasteiger partial charge in [0.2, 0.25) is 0 Å². The van der Waals surface area contributed by atoms with E-state index in [0.29, 0.717) is 32.2 Å². The zero-order chi connectivity index (χ0) is 19.7. The summed E-state index contributed by atoms with van der Waals surface area (Å²) >= 11 is 6.59. The molecular weight excluding hydrogens is 397 g/mol. The molecular formula is C21H14FNO3S2. The van der Waals surface area contributed by atoms with E-state index in [1.807, 2.05) is 0 Å². The molecule has 1 aliphatic rings. The van der Waals surface area contributed by atoms with Crippen molar-refractivity contribution in [2.24, 2.45) is 0 Å². The smallest absolute Gasteiger partial charge is 0.270 e. The molecule has 1 fully saturated rings. The van der Waals surface area contributed by atoms with Gasteiger partial charge in [-0.3, -0.25) is 9.69 Å². The summed E-state index contributed by atoms with van der Waals surface area (Å²) in [6.45, 7) is 0. The molecule has 0 atom stereocenters. The number of anilines is 1. The van der Waals surface area contributed by atoms with Crippen molar-refractivity contribution in [1.29, 1.82) is 0 Å². The van der Waals surface area contributed by atoms with Crippen LogP contribution in [0.5, 0.6) is 5.75 Å². The Morgan fingerprint density at radius 1 is 1.07 bits per heavy atom. The van der Waals surface area contributed by atoms with Gasteiger partial charge in [0.1, 0.15) is 23.1 Å². The Morgan fingerprint density at radius 2 is 1.79 bits per heavy atom. The van der Waals surface area contributed by atoms with E-state index in [-0.39, 0.29) is 11.7 Å². The molecule has 2 heterocycles. The fraction of sp³-hybridized carbons (Fsp3) is 0.0476. The fourth-order valence-electron chi connectivity index (χ4n) is 2.75. The van der Waals surface area contributed by atoms with Crippen LogP contribution in [0.15, 0.2) is 70.0 Å². The van der Waals surface area contributed by atoms with Crippen molar-refractivity contribution in [2.75, 3.05) is 12.0 Å². The highest BCUT2D eigenvalue weighted by Crippen LogP contribution is 2.37. The first-order valence-corrected chi connectivity index (χ1v) is 9.55. The molecule has 4 nitrogen and oxygen atoms in total. The number of rotatable bonds is 4. The minimum Gasteiger partial charge on any atom is -0.497 e. The van der Waals surface area contributed by atoms with Gasteiger partial charge in [-0.2, -0.15) is 0 Å². The molecule has 0 saturated carbocycles. The average Bonchev–Trinajstić information content (AvgIpc) is 3.27. The Labute approximate surface area is 170 Å². The molecule has 0 radical (unpaired) electrons. The molecule has 140 valence electrons. The lowest BCUT2D eigenvalue weighted by atomic mass is 10.2.